The summed E-state index contributed by atoms with van der Waals surface area (Å²) in [6.45, 7) is 3.93. The van der Waals surface area contributed by atoms with E-state index in [1.165, 1.54) is 12.1 Å². The van der Waals surface area contributed by atoms with Crippen LogP contribution in [-0.2, 0) is 6.54 Å². The van der Waals surface area contributed by atoms with E-state index in [4.69, 9.17) is 4.74 Å². The molecule has 2 aromatic rings. The van der Waals surface area contributed by atoms with Crippen molar-refractivity contribution >= 4 is 0 Å². The van der Waals surface area contributed by atoms with Crippen molar-refractivity contribution in [1.82, 2.24) is 10.3 Å². The Morgan fingerprint density at radius 3 is 2.58 bits per heavy atom. The van der Waals surface area contributed by atoms with Crippen LogP contribution in [0.1, 0.15) is 18.9 Å². The predicted molar refractivity (Wildman–Crippen MR) is 72.7 cm³/mol. The Labute approximate surface area is 112 Å². The molecule has 0 aliphatic carbocycles. The fourth-order valence-electron chi connectivity index (χ4n) is 1.61. The number of nitrogens with zero attached hydrogens (tertiary/aromatic N) is 1. The largest absolute Gasteiger partial charge is 0.439 e. The van der Waals surface area contributed by atoms with Gasteiger partial charge in [-0.05, 0) is 42.8 Å². The molecule has 1 aromatic heterocycles. The molecule has 0 aliphatic heterocycles. The third kappa shape index (κ3) is 4.34. The van der Waals surface area contributed by atoms with Gasteiger partial charge in [0.15, 0.2) is 0 Å². The van der Waals surface area contributed by atoms with Crippen LogP contribution in [0.15, 0.2) is 42.6 Å². The van der Waals surface area contributed by atoms with Crippen LogP contribution in [0, 0.1) is 5.82 Å². The monoisotopic (exact) mass is 260 g/mol. The van der Waals surface area contributed by atoms with Crippen LogP contribution < -0.4 is 10.1 Å². The second-order valence-electron chi connectivity index (χ2n) is 4.24. The van der Waals surface area contributed by atoms with Gasteiger partial charge in [0.2, 0.25) is 5.88 Å². The fourth-order valence-corrected chi connectivity index (χ4v) is 1.61. The minimum absolute atomic E-state index is 0.280. The van der Waals surface area contributed by atoms with Crippen molar-refractivity contribution in [3.8, 4) is 11.6 Å². The summed E-state index contributed by atoms with van der Waals surface area (Å²) < 4.78 is 18.3. The number of benzene rings is 1. The molecule has 100 valence electrons. The number of hydrogen-bond acceptors (Lipinski definition) is 3. The van der Waals surface area contributed by atoms with Gasteiger partial charge in [-0.2, -0.15) is 0 Å². The van der Waals surface area contributed by atoms with Crippen LogP contribution in [0.4, 0.5) is 4.39 Å². The van der Waals surface area contributed by atoms with Crippen LogP contribution in [0.5, 0.6) is 11.6 Å². The summed E-state index contributed by atoms with van der Waals surface area (Å²) in [7, 11) is 0. The average Bonchev–Trinajstić information content (AvgIpc) is 2.44. The molecule has 4 heteroatoms. The van der Waals surface area contributed by atoms with Crippen LogP contribution in [0.25, 0.3) is 0 Å². The summed E-state index contributed by atoms with van der Waals surface area (Å²) in [4.78, 5) is 4.22. The lowest BCUT2D eigenvalue weighted by atomic mass is 10.3. The molecule has 0 saturated carbocycles. The smallest absolute Gasteiger partial charge is 0.219 e. The standard InChI is InChI=1S/C15H17FN2O/c1-2-9-17-10-12-3-8-15(18-11-12)19-14-6-4-13(16)5-7-14/h3-8,11,17H,2,9-10H2,1H3. The lowest BCUT2D eigenvalue weighted by molar-refractivity contribution is 0.460. The van der Waals surface area contributed by atoms with Crippen molar-refractivity contribution in [2.45, 2.75) is 19.9 Å². The first-order valence-corrected chi connectivity index (χ1v) is 6.37. The molecule has 0 fully saturated rings. The van der Waals surface area contributed by atoms with E-state index in [-0.39, 0.29) is 5.82 Å². The van der Waals surface area contributed by atoms with Crippen molar-refractivity contribution in [3.63, 3.8) is 0 Å². The van der Waals surface area contributed by atoms with Gasteiger partial charge in [-0.25, -0.2) is 9.37 Å². The Hall–Kier alpha value is -1.94. The minimum Gasteiger partial charge on any atom is -0.439 e. The Balaban J connectivity index is 1.92. The molecule has 1 aromatic carbocycles. The third-order valence-corrected chi connectivity index (χ3v) is 2.59. The number of rotatable bonds is 6. The van der Waals surface area contributed by atoms with Crippen LogP contribution >= 0.6 is 0 Å². The van der Waals surface area contributed by atoms with Crippen molar-refractivity contribution in [3.05, 3.63) is 54.0 Å². The van der Waals surface area contributed by atoms with E-state index >= 15 is 0 Å². The summed E-state index contributed by atoms with van der Waals surface area (Å²) in [5.74, 6) is 0.800. The Bertz CT molecular complexity index is 497. The van der Waals surface area contributed by atoms with E-state index in [1.54, 1.807) is 18.3 Å². The third-order valence-electron chi connectivity index (χ3n) is 2.59. The van der Waals surface area contributed by atoms with E-state index in [0.717, 1.165) is 25.1 Å². The molecule has 0 bridgehead atoms. The number of nitrogens with one attached hydrogen (secondary N) is 1. The van der Waals surface area contributed by atoms with Crippen LogP contribution in [0.3, 0.4) is 0 Å². The molecule has 3 nitrogen and oxygen atoms in total. The van der Waals surface area contributed by atoms with E-state index in [0.29, 0.717) is 11.6 Å². The first-order valence-electron chi connectivity index (χ1n) is 6.37. The van der Waals surface area contributed by atoms with Gasteiger partial charge < -0.3 is 10.1 Å². The lowest BCUT2D eigenvalue weighted by Gasteiger charge is -2.06. The summed E-state index contributed by atoms with van der Waals surface area (Å²) in [6.07, 6.45) is 2.89. The van der Waals surface area contributed by atoms with Gasteiger partial charge in [0.05, 0.1) is 0 Å². The normalized spacial score (nSPS) is 10.4. The summed E-state index contributed by atoms with van der Waals surface area (Å²) >= 11 is 0. The SMILES string of the molecule is CCCNCc1ccc(Oc2ccc(F)cc2)nc1. The maximum atomic E-state index is 12.7. The van der Waals surface area contributed by atoms with E-state index in [1.807, 2.05) is 12.1 Å². The van der Waals surface area contributed by atoms with Gasteiger partial charge >= 0.3 is 0 Å². The van der Waals surface area contributed by atoms with Gasteiger partial charge in [0.25, 0.3) is 0 Å². The second-order valence-corrected chi connectivity index (χ2v) is 4.24. The highest BCUT2D eigenvalue weighted by Crippen LogP contribution is 2.19. The topological polar surface area (TPSA) is 34.1 Å². The Kier molecular flexibility index (Phi) is 4.86. The lowest BCUT2D eigenvalue weighted by Crippen LogP contribution is -2.13. The average molecular weight is 260 g/mol. The predicted octanol–water partition coefficient (Wildman–Crippen LogP) is 3.51. The van der Waals surface area contributed by atoms with Gasteiger partial charge in [0, 0.05) is 18.8 Å². The first-order chi connectivity index (χ1) is 9.28. The van der Waals surface area contributed by atoms with E-state index < -0.39 is 0 Å². The molecular weight excluding hydrogens is 243 g/mol. The number of halogens is 1. The molecule has 2 rings (SSSR count). The highest BCUT2D eigenvalue weighted by molar-refractivity contribution is 5.28. The quantitative estimate of drug-likeness (QED) is 0.807. The fraction of sp³-hybridized carbons (Fsp3) is 0.267. The van der Waals surface area contributed by atoms with Crippen LogP contribution in [0.2, 0.25) is 0 Å². The zero-order chi connectivity index (χ0) is 13.5. The molecule has 19 heavy (non-hydrogen) atoms. The molecule has 1 N–H and O–H groups in total. The summed E-state index contributed by atoms with van der Waals surface area (Å²) in [6, 6.07) is 9.65. The number of hydrogen-bond donors (Lipinski definition) is 1. The minimum atomic E-state index is -0.280. The van der Waals surface area contributed by atoms with Crippen molar-refractivity contribution in [2.75, 3.05) is 6.54 Å². The molecule has 0 atom stereocenters. The van der Waals surface area contributed by atoms with E-state index in [2.05, 4.69) is 17.2 Å². The molecular formula is C15H17FN2O. The van der Waals surface area contributed by atoms with Crippen molar-refractivity contribution in [1.29, 1.82) is 0 Å². The first kappa shape index (κ1) is 13.5. The highest BCUT2D eigenvalue weighted by Gasteiger charge is 1.99. The molecule has 0 spiro atoms. The Morgan fingerprint density at radius 1 is 1.16 bits per heavy atom. The molecule has 0 saturated heterocycles. The summed E-state index contributed by atoms with van der Waals surface area (Å²) in [5.41, 5.74) is 1.11. The number of pyridine rings is 1. The summed E-state index contributed by atoms with van der Waals surface area (Å²) in [5, 5.41) is 3.30. The zero-order valence-electron chi connectivity index (χ0n) is 10.9. The molecule has 1 heterocycles. The van der Waals surface area contributed by atoms with Crippen molar-refractivity contribution in [2.24, 2.45) is 0 Å². The molecule has 0 unspecified atom stereocenters. The number of aromatic nitrogens is 1. The second kappa shape index (κ2) is 6.85. The maximum Gasteiger partial charge on any atom is 0.219 e. The molecule has 0 radical (unpaired) electrons. The zero-order valence-corrected chi connectivity index (χ0v) is 10.9. The highest BCUT2D eigenvalue weighted by atomic mass is 19.1. The van der Waals surface area contributed by atoms with Gasteiger partial charge in [0.1, 0.15) is 11.6 Å². The molecule has 0 aliphatic rings. The van der Waals surface area contributed by atoms with Gasteiger partial charge in [-0.1, -0.05) is 13.0 Å². The van der Waals surface area contributed by atoms with Gasteiger partial charge in [-0.15, -0.1) is 0 Å². The Morgan fingerprint density at radius 2 is 1.95 bits per heavy atom. The maximum absolute atomic E-state index is 12.7. The number of ether oxygens (including phenoxy) is 1. The van der Waals surface area contributed by atoms with E-state index in [9.17, 15) is 4.39 Å². The van der Waals surface area contributed by atoms with Gasteiger partial charge in [-0.3, -0.25) is 0 Å². The molecule has 0 amide bonds. The van der Waals surface area contributed by atoms with Crippen LogP contribution in [-0.4, -0.2) is 11.5 Å². The van der Waals surface area contributed by atoms with Crippen molar-refractivity contribution < 1.29 is 9.13 Å².